The predicted molar refractivity (Wildman–Crippen MR) is 82.1 cm³/mol. The van der Waals surface area contributed by atoms with Gasteiger partial charge in [0.2, 0.25) is 5.71 Å². The van der Waals surface area contributed by atoms with Crippen molar-refractivity contribution in [2.75, 3.05) is 5.43 Å². The molecule has 0 heterocycles. The molecule has 0 bridgehead atoms. The van der Waals surface area contributed by atoms with Gasteiger partial charge in [0, 0.05) is 3.57 Å². The fourth-order valence-corrected chi connectivity index (χ4v) is 2.06. The normalized spacial score (nSPS) is 11.7. The molecule has 0 fully saturated rings. The van der Waals surface area contributed by atoms with Crippen LogP contribution in [0.15, 0.2) is 21.7 Å². The lowest BCUT2D eigenvalue weighted by Crippen LogP contribution is -2.22. The van der Waals surface area contributed by atoms with Crippen LogP contribution < -0.4 is 15.9 Å². The number of anilines is 1. The molecule has 0 unspecified atom stereocenters. The van der Waals surface area contributed by atoms with Gasteiger partial charge in [-0.15, -0.1) is 13.2 Å². The SMILES string of the molecule is N#C/C(=N\Nc1cc(Br)c(OC(F)(F)F)cc1I)C(=N)N. The van der Waals surface area contributed by atoms with E-state index in [-0.39, 0.29) is 10.2 Å². The number of hydrazone groups is 1. The minimum Gasteiger partial charge on any atom is -0.405 e. The number of hydrogen-bond donors (Lipinski definition) is 3. The summed E-state index contributed by atoms with van der Waals surface area (Å²) in [5, 5.41) is 19.3. The van der Waals surface area contributed by atoms with E-state index in [0.717, 1.165) is 6.07 Å². The molecule has 11 heteroatoms. The Bertz CT molecular complexity index is 641. The summed E-state index contributed by atoms with van der Waals surface area (Å²) >= 11 is 4.70. The monoisotopic (exact) mass is 475 g/mol. The van der Waals surface area contributed by atoms with Crippen LogP contribution in [0.5, 0.6) is 5.75 Å². The van der Waals surface area contributed by atoms with Gasteiger partial charge in [0.15, 0.2) is 5.84 Å². The van der Waals surface area contributed by atoms with E-state index in [1.807, 2.05) is 0 Å². The van der Waals surface area contributed by atoms with E-state index >= 15 is 0 Å². The van der Waals surface area contributed by atoms with Gasteiger partial charge in [-0.05, 0) is 50.7 Å². The first-order chi connectivity index (χ1) is 9.64. The molecular formula is C10H6BrF3IN5O. The maximum atomic E-state index is 12.2. The number of hydrogen-bond acceptors (Lipinski definition) is 5. The first-order valence-corrected chi connectivity index (χ1v) is 6.84. The molecule has 112 valence electrons. The van der Waals surface area contributed by atoms with Gasteiger partial charge < -0.3 is 10.5 Å². The molecule has 6 nitrogen and oxygen atoms in total. The second kappa shape index (κ2) is 6.94. The number of rotatable bonds is 4. The Hall–Kier alpha value is -1.55. The van der Waals surface area contributed by atoms with Crippen molar-refractivity contribution in [1.29, 1.82) is 10.7 Å². The number of nitrogens with one attached hydrogen (secondary N) is 2. The molecule has 4 N–H and O–H groups in total. The third kappa shape index (κ3) is 5.38. The number of ether oxygens (including phenoxy) is 1. The van der Waals surface area contributed by atoms with Gasteiger partial charge in [0.05, 0.1) is 10.2 Å². The van der Waals surface area contributed by atoms with Crippen LogP contribution >= 0.6 is 38.5 Å². The van der Waals surface area contributed by atoms with E-state index < -0.39 is 17.9 Å². The molecule has 0 atom stereocenters. The summed E-state index contributed by atoms with van der Waals surface area (Å²) < 4.78 is 40.8. The average molecular weight is 476 g/mol. The summed E-state index contributed by atoms with van der Waals surface area (Å²) in [6.07, 6.45) is -4.80. The van der Waals surface area contributed by atoms with Crippen LogP contribution in [0.3, 0.4) is 0 Å². The maximum Gasteiger partial charge on any atom is 0.573 e. The highest BCUT2D eigenvalue weighted by Gasteiger charge is 2.32. The summed E-state index contributed by atoms with van der Waals surface area (Å²) in [6.45, 7) is 0. The Morgan fingerprint density at radius 3 is 2.62 bits per heavy atom. The van der Waals surface area contributed by atoms with Gasteiger partial charge in [-0.1, -0.05) is 0 Å². The third-order valence-electron chi connectivity index (χ3n) is 1.90. The summed E-state index contributed by atoms with van der Waals surface area (Å²) in [4.78, 5) is 0. The number of halogens is 5. The summed E-state index contributed by atoms with van der Waals surface area (Å²) in [6, 6.07) is 4.03. The highest BCUT2D eigenvalue weighted by Crippen LogP contribution is 2.35. The molecule has 0 radical (unpaired) electrons. The molecule has 21 heavy (non-hydrogen) atoms. The van der Waals surface area contributed by atoms with E-state index in [0.29, 0.717) is 9.26 Å². The first kappa shape index (κ1) is 17.5. The number of nitrogens with zero attached hydrogens (tertiary/aromatic N) is 2. The molecular weight excluding hydrogens is 470 g/mol. The Kier molecular flexibility index (Phi) is 5.78. The van der Waals surface area contributed by atoms with Crippen LogP contribution in [0.1, 0.15) is 0 Å². The number of alkyl halides is 3. The molecule has 0 aromatic heterocycles. The smallest absolute Gasteiger partial charge is 0.405 e. The van der Waals surface area contributed by atoms with E-state index in [2.05, 4.69) is 31.2 Å². The zero-order valence-electron chi connectivity index (χ0n) is 9.92. The molecule has 1 aromatic rings. The van der Waals surface area contributed by atoms with Gasteiger partial charge in [-0.3, -0.25) is 10.8 Å². The van der Waals surface area contributed by atoms with Crippen molar-refractivity contribution in [3.05, 3.63) is 20.2 Å². The van der Waals surface area contributed by atoms with Crippen molar-refractivity contribution in [1.82, 2.24) is 0 Å². The molecule has 0 amide bonds. The number of nitriles is 1. The number of benzene rings is 1. The van der Waals surface area contributed by atoms with Crippen LogP contribution in [0, 0.1) is 20.3 Å². The molecule has 0 aliphatic carbocycles. The fourth-order valence-electron chi connectivity index (χ4n) is 1.08. The predicted octanol–water partition coefficient (Wildman–Crippen LogP) is 3.18. The molecule has 1 rings (SSSR count). The van der Waals surface area contributed by atoms with Crippen molar-refractivity contribution in [2.45, 2.75) is 6.36 Å². The maximum absolute atomic E-state index is 12.2. The first-order valence-electron chi connectivity index (χ1n) is 4.97. The largest absolute Gasteiger partial charge is 0.573 e. The zero-order valence-corrected chi connectivity index (χ0v) is 13.7. The third-order valence-corrected chi connectivity index (χ3v) is 3.41. The van der Waals surface area contributed by atoms with Gasteiger partial charge in [0.25, 0.3) is 0 Å². The van der Waals surface area contributed by atoms with Crippen molar-refractivity contribution < 1.29 is 17.9 Å². The van der Waals surface area contributed by atoms with Gasteiger partial charge in [-0.2, -0.15) is 10.4 Å². The Labute approximate surface area is 138 Å². The van der Waals surface area contributed by atoms with Gasteiger partial charge >= 0.3 is 6.36 Å². The lowest BCUT2D eigenvalue weighted by molar-refractivity contribution is -0.274. The zero-order chi connectivity index (χ0) is 16.2. The minimum atomic E-state index is -4.80. The molecule has 0 saturated carbocycles. The molecule has 1 aromatic carbocycles. The van der Waals surface area contributed by atoms with E-state index in [1.165, 1.54) is 6.07 Å². The molecule has 0 saturated heterocycles. The Balaban J connectivity index is 3.05. The Morgan fingerprint density at radius 1 is 1.52 bits per heavy atom. The summed E-state index contributed by atoms with van der Waals surface area (Å²) in [7, 11) is 0. The highest BCUT2D eigenvalue weighted by atomic mass is 127. The van der Waals surface area contributed by atoms with Crippen LogP contribution in [0.25, 0.3) is 0 Å². The molecule has 0 aliphatic rings. The van der Waals surface area contributed by atoms with Crippen LogP contribution in [-0.4, -0.2) is 17.9 Å². The van der Waals surface area contributed by atoms with Gasteiger partial charge in [0.1, 0.15) is 11.8 Å². The van der Waals surface area contributed by atoms with E-state index in [4.69, 9.17) is 16.4 Å². The van der Waals surface area contributed by atoms with Crippen molar-refractivity contribution in [2.24, 2.45) is 10.8 Å². The highest BCUT2D eigenvalue weighted by molar-refractivity contribution is 14.1. The van der Waals surface area contributed by atoms with Crippen molar-refractivity contribution in [3.63, 3.8) is 0 Å². The molecule has 0 aliphatic heterocycles. The second-order valence-electron chi connectivity index (χ2n) is 3.41. The van der Waals surface area contributed by atoms with Crippen molar-refractivity contribution in [3.8, 4) is 11.8 Å². The van der Waals surface area contributed by atoms with E-state index in [1.54, 1.807) is 28.7 Å². The van der Waals surface area contributed by atoms with Crippen LogP contribution in [-0.2, 0) is 0 Å². The topological polar surface area (TPSA) is 107 Å². The lowest BCUT2D eigenvalue weighted by Gasteiger charge is -2.13. The lowest BCUT2D eigenvalue weighted by atomic mass is 10.3. The standard InChI is InChI=1S/C10H6BrF3IN5O/c11-4-1-6(19-20-7(3-16)9(17)18)5(15)2-8(4)21-10(12,13)14/h1-2,19H,(H3,17,18)/b20-7+. The summed E-state index contributed by atoms with van der Waals surface area (Å²) in [5.41, 5.74) is 7.51. The second-order valence-corrected chi connectivity index (χ2v) is 5.42. The van der Waals surface area contributed by atoms with E-state index in [9.17, 15) is 13.2 Å². The van der Waals surface area contributed by atoms with Crippen LogP contribution in [0.2, 0.25) is 0 Å². The van der Waals surface area contributed by atoms with Gasteiger partial charge in [-0.25, -0.2) is 0 Å². The Morgan fingerprint density at radius 2 is 2.14 bits per heavy atom. The quantitative estimate of drug-likeness (QED) is 0.269. The van der Waals surface area contributed by atoms with Crippen LogP contribution in [0.4, 0.5) is 18.9 Å². The average Bonchev–Trinajstić information content (AvgIpc) is 2.33. The number of nitrogens with two attached hydrogens (primary N) is 1. The minimum absolute atomic E-state index is 0.0410. The van der Waals surface area contributed by atoms with Crippen molar-refractivity contribution >= 4 is 55.8 Å². The summed E-state index contributed by atoms with van der Waals surface area (Å²) in [5.74, 6) is -0.940. The molecule has 0 spiro atoms. The fraction of sp³-hybridized carbons (Fsp3) is 0.100. The number of amidine groups is 1.